The van der Waals surface area contributed by atoms with E-state index in [1.165, 1.54) is 27.7 Å². The van der Waals surface area contributed by atoms with Crippen molar-refractivity contribution in [1.82, 2.24) is 0 Å². The third-order valence-electron chi connectivity index (χ3n) is 20.6. The Morgan fingerprint density at radius 3 is 1.71 bits per heavy atom. The molecule has 0 bridgehead atoms. The average molecular weight is 1280 g/mol. The Balaban J connectivity index is 0.00000982. The Labute approximate surface area is 528 Å². The van der Waals surface area contributed by atoms with Crippen molar-refractivity contribution in [3.05, 3.63) is 11.6 Å². The van der Waals surface area contributed by atoms with Gasteiger partial charge >= 0.3 is 29.6 Å². The van der Waals surface area contributed by atoms with Crippen molar-refractivity contribution in [2.75, 3.05) is 6.61 Å². The maximum absolute atomic E-state index is 13.2. The Bertz CT molecular complexity index is 2460. The van der Waals surface area contributed by atoms with E-state index in [-0.39, 0.29) is 78.3 Å². The van der Waals surface area contributed by atoms with E-state index in [1.807, 2.05) is 13.8 Å². The number of hydrogen-bond acceptors (Lipinski definition) is 28. The quantitative estimate of drug-likeness (QED) is 0.0263. The first-order chi connectivity index (χ1) is 40.1. The van der Waals surface area contributed by atoms with Crippen LogP contribution in [-0.2, 0) is 66.7 Å². The first-order valence-electron chi connectivity index (χ1n) is 30.3. The van der Waals surface area contributed by atoms with Crippen molar-refractivity contribution in [3.63, 3.8) is 0 Å². The predicted molar refractivity (Wildman–Crippen MR) is 288 cm³/mol. The molecule has 0 aromatic carbocycles. The number of fused-ring (bicyclic) bond motifs is 5. The van der Waals surface area contributed by atoms with E-state index in [0.29, 0.717) is 38.5 Å². The number of aliphatic hydroxyl groups is 13. The fourth-order valence-electron chi connectivity index (χ4n) is 16.0. The third kappa shape index (κ3) is 14.5. The molecule has 3 saturated carbocycles. The zero-order valence-electron chi connectivity index (χ0n) is 51.0. The maximum Gasteiger partial charge on any atom is 1.00 e. The molecule has 9 aliphatic rings. The van der Waals surface area contributed by atoms with Crippen LogP contribution in [0.4, 0.5) is 0 Å². The summed E-state index contributed by atoms with van der Waals surface area (Å²) in [6.45, 7) is 14.6. The van der Waals surface area contributed by atoms with Crippen LogP contribution >= 0.6 is 0 Å². The van der Waals surface area contributed by atoms with E-state index < -0.39 is 205 Å². The summed E-state index contributed by atoms with van der Waals surface area (Å²) in [5, 5.41) is 146. The number of carbonyl (C=O) groups excluding carboxylic acids is 1. The van der Waals surface area contributed by atoms with Gasteiger partial charge in [0.25, 0.3) is 0 Å². The topological polar surface area (TPSA) is 439 Å². The number of rotatable bonds is 18. The molecule has 87 heavy (non-hydrogen) atoms. The zero-order valence-corrected chi connectivity index (χ0v) is 53.8. The van der Waals surface area contributed by atoms with Crippen LogP contribution in [0, 0.1) is 40.4 Å². The smallest absolute Gasteiger partial charge is 0.726 e. The number of carbonyl (C=O) groups is 1. The predicted octanol–water partition coefficient (Wildman–Crippen LogP) is -5.63. The van der Waals surface area contributed by atoms with Crippen LogP contribution in [-0.4, -0.2) is 263 Å². The third-order valence-corrected chi connectivity index (χ3v) is 21.1. The summed E-state index contributed by atoms with van der Waals surface area (Å²) >= 11 is 0. The van der Waals surface area contributed by atoms with Crippen molar-refractivity contribution in [2.45, 2.75) is 291 Å². The molecule has 34 atom stereocenters. The molecule has 4 aliphatic carbocycles. The summed E-state index contributed by atoms with van der Waals surface area (Å²) in [6, 6.07) is 0. The largest absolute Gasteiger partial charge is 1.00 e. The minimum Gasteiger partial charge on any atom is -0.726 e. The Hall–Kier alpha value is -0.640. The van der Waals surface area contributed by atoms with E-state index in [1.54, 1.807) is 6.92 Å². The molecule has 0 spiro atoms. The molecule has 496 valence electrons. The van der Waals surface area contributed by atoms with Gasteiger partial charge in [0, 0.05) is 12.8 Å². The summed E-state index contributed by atoms with van der Waals surface area (Å²) < 4.78 is 103. The summed E-state index contributed by atoms with van der Waals surface area (Å²) in [7, 11) is -5.14. The van der Waals surface area contributed by atoms with Crippen LogP contribution in [0.1, 0.15) is 120 Å². The van der Waals surface area contributed by atoms with Gasteiger partial charge in [0.05, 0.1) is 48.8 Å². The van der Waals surface area contributed by atoms with Gasteiger partial charge in [0.15, 0.2) is 31.5 Å². The first kappa shape index (κ1) is 72.2. The molecule has 0 aromatic rings. The summed E-state index contributed by atoms with van der Waals surface area (Å²) in [4.78, 5) is 13.2. The van der Waals surface area contributed by atoms with Gasteiger partial charge in [-0.15, -0.1) is 0 Å². The molecule has 0 amide bonds. The van der Waals surface area contributed by atoms with Gasteiger partial charge in [-0.2, -0.15) is 0 Å². The van der Waals surface area contributed by atoms with Gasteiger partial charge in [0.1, 0.15) is 103 Å². The Kier molecular flexibility index (Phi) is 23.2. The molecule has 8 fully saturated rings. The molecular weight excluding hydrogens is 1190 g/mol. The number of hydrogen-bond donors (Lipinski definition) is 13. The number of ketones is 1. The summed E-state index contributed by atoms with van der Waals surface area (Å²) in [6.07, 6.45) is -39.1. The van der Waals surface area contributed by atoms with Crippen molar-refractivity contribution >= 4 is 16.2 Å². The summed E-state index contributed by atoms with van der Waals surface area (Å²) in [5.74, 6) is -0.877. The fraction of sp³-hybridized carbons (Fsp3) is 0.947. The second-order valence-electron chi connectivity index (χ2n) is 27.1. The van der Waals surface area contributed by atoms with E-state index in [9.17, 15) is 84.1 Å². The van der Waals surface area contributed by atoms with Crippen LogP contribution in [0.15, 0.2) is 11.6 Å². The van der Waals surface area contributed by atoms with Gasteiger partial charge in [0.2, 0.25) is 10.4 Å². The van der Waals surface area contributed by atoms with Gasteiger partial charge < -0.3 is 118 Å². The molecule has 5 aliphatic heterocycles. The van der Waals surface area contributed by atoms with Crippen molar-refractivity contribution in [1.29, 1.82) is 0 Å². The van der Waals surface area contributed by atoms with E-state index in [0.717, 1.165) is 5.57 Å². The number of ether oxygens (including phenoxy) is 10. The fourth-order valence-corrected chi connectivity index (χ4v) is 16.6. The van der Waals surface area contributed by atoms with Crippen molar-refractivity contribution in [3.8, 4) is 0 Å². The molecule has 5 heterocycles. The molecule has 0 aromatic heterocycles. The van der Waals surface area contributed by atoms with Crippen molar-refractivity contribution < 1.29 is 165 Å². The molecule has 9 rings (SSSR count). The second kappa shape index (κ2) is 28.0. The van der Waals surface area contributed by atoms with Gasteiger partial charge in [-0.1, -0.05) is 39.3 Å². The van der Waals surface area contributed by atoms with E-state index in [4.69, 9.17) is 51.6 Å². The van der Waals surface area contributed by atoms with Crippen LogP contribution < -0.4 is 29.6 Å². The summed E-state index contributed by atoms with van der Waals surface area (Å²) in [5.41, 5.74) is -1.32. The molecule has 4 unspecified atom stereocenters. The number of aliphatic hydroxyl groups excluding tert-OH is 12. The Morgan fingerprint density at radius 2 is 1.15 bits per heavy atom. The van der Waals surface area contributed by atoms with Crippen LogP contribution in [0.3, 0.4) is 0 Å². The molecule has 5 saturated heterocycles. The Morgan fingerprint density at radius 1 is 0.632 bits per heavy atom. The molecular formula is C57H93NaO28S. The van der Waals surface area contributed by atoms with E-state index >= 15 is 0 Å². The van der Waals surface area contributed by atoms with Gasteiger partial charge in [-0.05, 0) is 120 Å². The van der Waals surface area contributed by atoms with Crippen LogP contribution in [0.2, 0.25) is 0 Å². The molecule has 28 nitrogen and oxygen atoms in total. The average Bonchev–Trinajstić information content (AvgIpc) is 1.71. The number of allylic oxidation sites excluding steroid dienone is 2. The van der Waals surface area contributed by atoms with Gasteiger partial charge in [-0.3, -0.25) is 8.98 Å². The van der Waals surface area contributed by atoms with Crippen LogP contribution in [0.25, 0.3) is 0 Å². The SMILES string of the molecule is CC(C)CC(=O)C[C@](C)(O)C1CCC2C3C[C@H](O[C@@H]4O[C@H](C)[C@@H](O)[C@H](O[C@@H]5O[C@H](C)[C@@H](O[C@@H]6O[C@H](CO)[C@@H](O)[C@H](O)[C@H]6O[C@@H]6O[C@H](C)[C@H](O)[C@H](O)[C@H]6O)[C@H](O)[C@H]5O[C@@H]5O[C@H](C)[C@@H](O)[C@H](O)[C@H]5O)[C@H]4O)[C@H]4CC(OS(=O)(=O)[O-])CC[C@]4(C)C3=CC[C@@]21C.[Na+]. The minimum atomic E-state index is -5.14. The van der Waals surface area contributed by atoms with Gasteiger partial charge in [-0.25, -0.2) is 8.42 Å². The number of Topliss-reactive ketones (excluding diaryl/α,β-unsaturated/α-hetero) is 1. The van der Waals surface area contributed by atoms with Crippen LogP contribution in [0.5, 0.6) is 0 Å². The first-order valence-corrected chi connectivity index (χ1v) is 31.7. The minimum absolute atomic E-state index is 0. The van der Waals surface area contributed by atoms with E-state index in [2.05, 4.69) is 19.9 Å². The molecule has 0 radical (unpaired) electrons. The monoisotopic (exact) mass is 1280 g/mol. The molecule has 30 heteroatoms. The zero-order chi connectivity index (χ0) is 63.2. The standard InChI is InChI=1S/C57H94O28S.Na/c1-21(2)16-26(59)19-57(9,71)34-11-10-29-28-18-32(31-17-27(85-86(72,73)74)12-14-55(31,7)30(28)13-15-56(29,34)8)79-52-45(70)47(37(62)24(5)77-52)82-53-49(84-51-43(68)40(65)36(61)23(4)76-51)44(69)46(25(6)78-53)81-54-48(41(66)38(63)33(20-58)80-54)83-50-42(67)39(64)35(60)22(3)75-50;/h13,21-25,27-29,31-54,58,60-71H,10-12,14-20H2,1-9H3,(H,72,73,74);/q;+1/p-1/t22-,23-,24-,25-,27?,28?,29?,31-,32+,33-,34?,35+,36-,37-,38-,39+,40+,41+,42-,43-,44+,45-,46-,47+,48-,49-,50+,51+,52+,53+,54+,55-,56+,57+;/m1./s1. The maximum atomic E-state index is 13.2. The molecule has 13 N–H and O–H groups in total. The van der Waals surface area contributed by atoms with Crippen molar-refractivity contribution in [2.24, 2.45) is 40.4 Å². The second-order valence-corrected chi connectivity index (χ2v) is 28.1. The normalized spacial score (nSPS) is 51.1.